The summed E-state index contributed by atoms with van der Waals surface area (Å²) in [6, 6.07) is 45.2. The second-order valence-electron chi connectivity index (χ2n) is 10.2. The van der Waals surface area contributed by atoms with Gasteiger partial charge >= 0.3 is 11.8 Å². The van der Waals surface area contributed by atoms with Crippen molar-refractivity contribution in [2.45, 2.75) is 11.8 Å². The fraction of sp³-hybridized carbons (Fsp3) is 0.0526. The van der Waals surface area contributed by atoms with Gasteiger partial charge in [-0.15, -0.1) is 0 Å². The van der Waals surface area contributed by atoms with Crippen molar-refractivity contribution in [1.29, 1.82) is 0 Å². The zero-order chi connectivity index (χ0) is 29.2. The first-order valence-electron chi connectivity index (χ1n) is 13.6. The first kappa shape index (κ1) is 27.2. The van der Waals surface area contributed by atoms with Crippen LogP contribution in [-0.2, 0) is 11.8 Å². The van der Waals surface area contributed by atoms with Gasteiger partial charge in [0.25, 0.3) is 0 Å². The smallest absolute Gasteiger partial charge is 0.194 e. The number of halogens is 4. The van der Waals surface area contributed by atoms with E-state index in [0.29, 0.717) is 11.1 Å². The molecule has 206 valence electrons. The number of alkyl halides is 4. The molecule has 0 aliphatic heterocycles. The number of benzene rings is 6. The van der Waals surface area contributed by atoms with E-state index in [9.17, 15) is 0 Å². The van der Waals surface area contributed by atoms with Gasteiger partial charge in [0.05, 0.1) is 0 Å². The van der Waals surface area contributed by atoms with E-state index in [1.807, 2.05) is 109 Å². The summed E-state index contributed by atoms with van der Waals surface area (Å²) in [6.07, 6.45) is 0. The molecule has 4 heteroatoms. The van der Waals surface area contributed by atoms with Crippen molar-refractivity contribution in [2.24, 2.45) is 0 Å². The summed E-state index contributed by atoms with van der Waals surface area (Å²) in [5.41, 5.74) is 5.66. The third-order valence-electron chi connectivity index (χ3n) is 7.54. The van der Waals surface area contributed by atoms with Crippen molar-refractivity contribution in [3.05, 3.63) is 169 Å². The molecule has 0 amide bonds. The van der Waals surface area contributed by atoms with Gasteiger partial charge in [-0.1, -0.05) is 158 Å². The molecule has 0 fully saturated rings. The van der Waals surface area contributed by atoms with Gasteiger partial charge in [0.1, 0.15) is 0 Å². The Morgan fingerprint density at radius 1 is 0.238 bits per heavy atom. The van der Waals surface area contributed by atoms with Crippen LogP contribution in [-0.4, -0.2) is 0 Å². The summed E-state index contributed by atoms with van der Waals surface area (Å²) in [5.74, 6) is -8.80. The van der Waals surface area contributed by atoms with E-state index in [1.54, 1.807) is 0 Å². The lowest BCUT2D eigenvalue weighted by Gasteiger charge is -2.27. The van der Waals surface area contributed by atoms with Gasteiger partial charge < -0.3 is 0 Å². The molecule has 0 radical (unpaired) electrons. The highest BCUT2D eigenvalue weighted by atomic mass is 19.3. The van der Waals surface area contributed by atoms with Crippen LogP contribution in [0.1, 0.15) is 11.1 Å². The standard InChI is InChI=1S/C38H26F4/c39-37(40,35-23-19-33(20-24-35)31-15-11-29(12-16-31)27-7-3-1-4-8-27)38(41,42)36-25-21-34(22-26-36)32-17-13-30(14-18-32)28-9-5-2-6-10-28/h1-26H. The van der Waals surface area contributed by atoms with E-state index in [2.05, 4.69) is 0 Å². The van der Waals surface area contributed by atoms with E-state index in [0.717, 1.165) is 57.6 Å². The predicted molar refractivity (Wildman–Crippen MR) is 162 cm³/mol. The zero-order valence-electron chi connectivity index (χ0n) is 22.5. The molecule has 0 nitrogen and oxygen atoms in total. The van der Waals surface area contributed by atoms with E-state index < -0.39 is 23.0 Å². The minimum absolute atomic E-state index is 0.667. The van der Waals surface area contributed by atoms with Crippen LogP contribution in [0.4, 0.5) is 17.6 Å². The fourth-order valence-corrected chi connectivity index (χ4v) is 5.08. The molecule has 6 rings (SSSR count). The van der Waals surface area contributed by atoms with Crippen LogP contribution >= 0.6 is 0 Å². The van der Waals surface area contributed by atoms with Crippen molar-refractivity contribution >= 4 is 0 Å². The van der Waals surface area contributed by atoms with Gasteiger partial charge in [-0.3, -0.25) is 0 Å². The Labute approximate surface area is 242 Å². The Morgan fingerprint density at radius 3 is 0.667 bits per heavy atom. The van der Waals surface area contributed by atoms with Crippen molar-refractivity contribution in [3.63, 3.8) is 0 Å². The lowest BCUT2D eigenvalue weighted by atomic mass is 9.92. The Balaban J connectivity index is 1.19. The average Bonchev–Trinajstić information content (AvgIpc) is 3.06. The summed E-state index contributed by atoms with van der Waals surface area (Å²) in [7, 11) is 0. The van der Waals surface area contributed by atoms with Crippen LogP contribution in [0.3, 0.4) is 0 Å². The first-order chi connectivity index (χ1) is 20.3. The minimum atomic E-state index is -4.40. The zero-order valence-corrected chi connectivity index (χ0v) is 22.5. The molecule has 0 aliphatic carbocycles. The van der Waals surface area contributed by atoms with Crippen LogP contribution in [0.25, 0.3) is 44.5 Å². The molecule has 0 saturated carbocycles. The Morgan fingerprint density at radius 2 is 0.429 bits per heavy atom. The SMILES string of the molecule is FC(F)(c1ccc(-c2ccc(-c3ccccc3)cc2)cc1)C(F)(F)c1ccc(-c2ccc(-c3ccccc3)cc2)cc1. The molecule has 42 heavy (non-hydrogen) atoms. The van der Waals surface area contributed by atoms with Crippen LogP contribution < -0.4 is 0 Å². The minimum Gasteiger partial charge on any atom is -0.194 e. The van der Waals surface area contributed by atoms with Crippen LogP contribution in [0, 0.1) is 0 Å². The summed E-state index contributed by atoms with van der Waals surface area (Å²) >= 11 is 0. The molecule has 6 aromatic rings. The van der Waals surface area contributed by atoms with Gasteiger partial charge in [-0.05, 0) is 44.5 Å². The van der Waals surface area contributed by atoms with Gasteiger partial charge in [0.2, 0.25) is 0 Å². The second-order valence-corrected chi connectivity index (χ2v) is 10.2. The van der Waals surface area contributed by atoms with Crippen molar-refractivity contribution < 1.29 is 17.6 Å². The van der Waals surface area contributed by atoms with Gasteiger partial charge in [0.15, 0.2) is 0 Å². The summed E-state index contributed by atoms with van der Waals surface area (Å²) in [6.45, 7) is 0. The molecule has 0 bridgehead atoms. The summed E-state index contributed by atoms with van der Waals surface area (Å²) in [5, 5.41) is 0. The molecule has 0 atom stereocenters. The van der Waals surface area contributed by atoms with Crippen molar-refractivity contribution in [2.75, 3.05) is 0 Å². The van der Waals surface area contributed by atoms with E-state index >= 15 is 17.6 Å². The van der Waals surface area contributed by atoms with Crippen LogP contribution in [0.15, 0.2) is 158 Å². The first-order valence-corrected chi connectivity index (χ1v) is 13.6. The van der Waals surface area contributed by atoms with E-state index in [4.69, 9.17) is 0 Å². The maximum Gasteiger partial charge on any atom is 0.339 e. The maximum atomic E-state index is 15.3. The normalized spacial score (nSPS) is 11.8. The third kappa shape index (κ3) is 5.24. The molecule has 0 aromatic heterocycles. The molecule has 0 N–H and O–H groups in total. The lowest BCUT2D eigenvalue weighted by Crippen LogP contribution is -2.35. The highest BCUT2D eigenvalue weighted by Crippen LogP contribution is 2.50. The van der Waals surface area contributed by atoms with Crippen molar-refractivity contribution in [3.8, 4) is 44.5 Å². The molecule has 0 aliphatic rings. The largest absolute Gasteiger partial charge is 0.339 e. The Kier molecular flexibility index (Phi) is 7.22. The molecule has 0 heterocycles. The third-order valence-corrected chi connectivity index (χ3v) is 7.54. The number of rotatable bonds is 7. The van der Waals surface area contributed by atoms with Gasteiger partial charge in [0, 0.05) is 11.1 Å². The molecule has 0 spiro atoms. The second kappa shape index (κ2) is 11.1. The highest BCUT2D eigenvalue weighted by Gasteiger charge is 2.58. The van der Waals surface area contributed by atoms with Gasteiger partial charge in [-0.25, -0.2) is 0 Å². The van der Waals surface area contributed by atoms with Gasteiger partial charge in [-0.2, -0.15) is 17.6 Å². The summed E-state index contributed by atoms with van der Waals surface area (Å²) < 4.78 is 61.1. The topological polar surface area (TPSA) is 0 Å². The van der Waals surface area contributed by atoms with Crippen LogP contribution in [0.2, 0.25) is 0 Å². The summed E-state index contributed by atoms with van der Waals surface area (Å²) in [4.78, 5) is 0. The van der Waals surface area contributed by atoms with E-state index in [-0.39, 0.29) is 0 Å². The maximum absolute atomic E-state index is 15.3. The predicted octanol–water partition coefficient (Wildman–Crippen LogP) is 11.2. The lowest BCUT2D eigenvalue weighted by molar-refractivity contribution is -0.223. The molecular weight excluding hydrogens is 532 g/mol. The molecule has 6 aromatic carbocycles. The number of hydrogen-bond donors (Lipinski definition) is 0. The molecule has 0 unspecified atom stereocenters. The Bertz CT molecular complexity index is 1620. The fourth-order valence-electron chi connectivity index (χ4n) is 5.08. The van der Waals surface area contributed by atoms with E-state index in [1.165, 1.54) is 24.3 Å². The molecule has 0 saturated heterocycles. The average molecular weight is 559 g/mol. The molecular formula is C38H26F4. The Hall–Kier alpha value is -4.96. The number of hydrogen-bond acceptors (Lipinski definition) is 0. The van der Waals surface area contributed by atoms with Crippen molar-refractivity contribution in [1.82, 2.24) is 0 Å². The van der Waals surface area contributed by atoms with Crippen LogP contribution in [0.5, 0.6) is 0 Å². The quantitative estimate of drug-likeness (QED) is 0.171. The monoisotopic (exact) mass is 558 g/mol. The highest BCUT2D eigenvalue weighted by molar-refractivity contribution is 5.72.